The molecular formula is C20H20Cl2N2. The van der Waals surface area contributed by atoms with Gasteiger partial charge in [0.2, 0.25) is 0 Å². The van der Waals surface area contributed by atoms with Crippen LogP contribution in [0, 0.1) is 5.92 Å². The number of aliphatic imine (C=N–C) groups is 1. The van der Waals surface area contributed by atoms with E-state index in [0.717, 1.165) is 24.0 Å². The van der Waals surface area contributed by atoms with E-state index in [1.165, 1.54) is 11.1 Å². The molecule has 1 aromatic carbocycles. The molecule has 124 valence electrons. The van der Waals surface area contributed by atoms with Crippen LogP contribution in [-0.4, -0.2) is 5.84 Å². The average Bonchev–Trinajstić information content (AvgIpc) is 2.57. The lowest BCUT2D eigenvalue weighted by Gasteiger charge is -2.37. The van der Waals surface area contributed by atoms with Gasteiger partial charge in [-0.3, -0.25) is 0 Å². The molecule has 2 aliphatic carbocycles. The van der Waals surface area contributed by atoms with Crippen molar-refractivity contribution in [2.75, 3.05) is 0 Å². The topological polar surface area (TPSA) is 38.4 Å². The van der Waals surface area contributed by atoms with E-state index in [0.29, 0.717) is 21.8 Å². The molecular weight excluding hydrogens is 339 g/mol. The van der Waals surface area contributed by atoms with Gasteiger partial charge in [-0.2, -0.15) is 0 Å². The van der Waals surface area contributed by atoms with Gasteiger partial charge >= 0.3 is 0 Å². The first-order chi connectivity index (χ1) is 11.5. The van der Waals surface area contributed by atoms with Crippen molar-refractivity contribution in [3.63, 3.8) is 0 Å². The highest BCUT2D eigenvalue weighted by atomic mass is 35.5. The van der Waals surface area contributed by atoms with Crippen molar-refractivity contribution in [3.8, 4) is 0 Å². The van der Waals surface area contributed by atoms with E-state index < -0.39 is 0 Å². The molecule has 2 N–H and O–H groups in total. The van der Waals surface area contributed by atoms with E-state index in [4.69, 9.17) is 28.9 Å². The molecule has 3 rings (SSSR count). The number of fused-ring (bicyclic) bond motifs is 1. The smallest absolute Gasteiger partial charge is 0.0957 e. The number of hydrogen-bond donors (Lipinski definition) is 1. The summed E-state index contributed by atoms with van der Waals surface area (Å²) in [6.45, 7) is 6.10. The fourth-order valence-electron chi connectivity index (χ4n) is 3.40. The number of amidine groups is 1. The second-order valence-electron chi connectivity index (χ2n) is 6.26. The van der Waals surface area contributed by atoms with E-state index >= 15 is 0 Å². The molecule has 0 saturated heterocycles. The minimum Gasteiger partial charge on any atom is -0.387 e. The molecule has 0 spiro atoms. The zero-order valence-electron chi connectivity index (χ0n) is 13.6. The Morgan fingerprint density at radius 1 is 1.29 bits per heavy atom. The van der Waals surface area contributed by atoms with Gasteiger partial charge in [-0.15, -0.1) is 0 Å². The molecule has 1 aromatic rings. The van der Waals surface area contributed by atoms with Crippen molar-refractivity contribution in [1.82, 2.24) is 0 Å². The van der Waals surface area contributed by atoms with Crippen LogP contribution in [0.3, 0.4) is 0 Å². The van der Waals surface area contributed by atoms with E-state index in [-0.39, 0.29) is 5.92 Å². The van der Waals surface area contributed by atoms with Crippen molar-refractivity contribution in [2.24, 2.45) is 16.6 Å². The molecule has 2 nitrogen and oxygen atoms in total. The Morgan fingerprint density at radius 2 is 2.08 bits per heavy atom. The Labute approximate surface area is 153 Å². The minimum atomic E-state index is 0.250. The normalized spacial score (nSPS) is 25.6. The summed E-state index contributed by atoms with van der Waals surface area (Å²) in [5.41, 5.74) is 10.5. The molecule has 4 heteroatoms. The van der Waals surface area contributed by atoms with Gasteiger partial charge in [0.25, 0.3) is 0 Å². The second-order valence-corrected chi connectivity index (χ2v) is 7.08. The highest BCUT2D eigenvalue weighted by molar-refractivity contribution is 6.42. The molecule has 1 saturated carbocycles. The van der Waals surface area contributed by atoms with Crippen molar-refractivity contribution in [2.45, 2.75) is 25.7 Å². The summed E-state index contributed by atoms with van der Waals surface area (Å²) in [5.74, 6) is 1.11. The van der Waals surface area contributed by atoms with Crippen LogP contribution in [0.2, 0.25) is 10.0 Å². The Morgan fingerprint density at radius 3 is 2.79 bits per heavy atom. The highest BCUT2D eigenvalue weighted by Gasteiger charge is 2.34. The Hall–Kier alpha value is -1.77. The first kappa shape index (κ1) is 17.1. The number of rotatable bonds is 2. The third kappa shape index (κ3) is 3.35. The monoisotopic (exact) mass is 358 g/mol. The van der Waals surface area contributed by atoms with E-state index in [1.54, 1.807) is 6.92 Å². The predicted octanol–water partition coefficient (Wildman–Crippen LogP) is 5.80. The third-order valence-corrected chi connectivity index (χ3v) is 5.37. The quantitative estimate of drug-likeness (QED) is 0.526. The summed E-state index contributed by atoms with van der Waals surface area (Å²) in [7, 11) is 0. The molecule has 2 unspecified atom stereocenters. The van der Waals surface area contributed by atoms with Crippen molar-refractivity contribution >= 4 is 29.0 Å². The summed E-state index contributed by atoms with van der Waals surface area (Å²) < 4.78 is 0. The SMILES string of the molecule is C=C1/C(=C\N=C(C)N)CC(c2ccc(Cl)c(Cl)c2)C2=CC=CCC12. The first-order valence-electron chi connectivity index (χ1n) is 7.97. The molecule has 0 aromatic heterocycles. The number of benzene rings is 1. The maximum absolute atomic E-state index is 6.24. The third-order valence-electron chi connectivity index (χ3n) is 4.63. The minimum absolute atomic E-state index is 0.250. The zero-order chi connectivity index (χ0) is 17.3. The Kier molecular flexibility index (Phi) is 4.98. The molecule has 0 aliphatic heterocycles. The fraction of sp³-hybridized carbons (Fsp3) is 0.250. The van der Waals surface area contributed by atoms with Gasteiger partial charge in [0.1, 0.15) is 0 Å². The summed E-state index contributed by atoms with van der Waals surface area (Å²) in [4.78, 5) is 4.28. The van der Waals surface area contributed by atoms with Crippen LogP contribution >= 0.6 is 23.2 Å². The molecule has 2 aliphatic rings. The van der Waals surface area contributed by atoms with Crippen molar-refractivity contribution < 1.29 is 0 Å². The predicted molar refractivity (Wildman–Crippen MR) is 104 cm³/mol. The number of nitrogens with zero attached hydrogens (tertiary/aromatic N) is 1. The molecule has 1 fully saturated rings. The Bertz CT molecular complexity index is 796. The van der Waals surface area contributed by atoms with Gasteiger partial charge in [-0.1, -0.05) is 59.6 Å². The molecule has 0 heterocycles. The van der Waals surface area contributed by atoms with Crippen LogP contribution in [0.1, 0.15) is 31.2 Å². The number of halogens is 2. The lowest BCUT2D eigenvalue weighted by molar-refractivity contribution is 0.580. The fourth-order valence-corrected chi connectivity index (χ4v) is 3.70. The maximum atomic E-state index is 6.24. The van der Waals surface area contributed by atoms with Gasteiger partial charge in [0, 0.05) is 18.0 Å². The summed E-state index contributed by atoms with van der Waals surface area (Å²) in [6.07, 6.45) is 10.2. The molecule has 24 heavy (non-hydrogen) atoms. The van der Waals surface area contributed by atoms with Crippen molar-refractivity contribution in [3.05, 3.63) is 81.5 Å². The summed E-state index contributed by atoms with van der Waals surface area (Å²) in [6, 6.07) is 5.88. The van der Waals surface area contributed by atoms with Crippen LogP contribution in [0.15, 0.2) is 70.9 Å². The second kappa shape index (κ2) is 7.00. The van der Waals surface area contributed by atoms with Crippen LogP contribution in [0.25, 0.3) is 0 Å². The number of hydrogen-bond acceptors (Lipinski definition) is 1. The Balaban J connectivity index is 2.05. The average molecular weight is 359 g/mol. The maximum Gasteiger partial charge on any atom is 0.0957 e. The van der Waals surface area contributed by atoms with Gasteiger partial charge in [0.15, 0.2) is 0 Å². The van der Waals surface area contributed by atoms with Gasteiger partial charge in [-0.25, -0.2) is 4.99 Å². The largest absolute Gasteiger partial charge is 0.387 e. The summed E-state index contributed by atoms with van der Waals surface area (Å²) >= 11 is 12.3. The zero-order valence-corrected chi connectivity index (χ0v) is 15.1. The summed E-state index contributed by atoms with van der Waals surface area (Å²) in [5, 5.41) is 1.16. The van der Waals surface area contributed by atoms with Crippen LogP contribution in [0.5, 0.6) is 0 Å². The van der Waals surface area contributed by atoms with Gasteiger partial charge in [-0.05, 0) is 48.6 Å². The highest BCUT2D eigenvalue weighted by Crippen LogP contribution is 2.48. The number of nitrogens with two attached hydrogens (primary N) is 1. The lowest BCUT2D eigenvalue weighted by atomic mass is 9.67. The standard InChI is InChI=1S/C20H20Cl2N2/c1-12-15(11-24-13(2)23)9-18(17-6-4-3-5-16(12)17)14-7-8-19(21)20(22)10-14/h3-4,6-8,10-11,16,18H,1,5,9H2,2H3,(H2,23,24)/b15-11-. The molecule has 2 atom stereocenters. The molecule has 0 amide bonds. The van der Waals surface area contributed by atoms with Crippen LogP contribution in [0.4, 0.5) is 0 Å². The van der Waals surface area contributed by atoms with E-state index in [9.17, 15) is 0 Å². The molecule has 0 radical (unpaired) electrons. The van der Waals surface area contributed by atoms with Crippen molar-refractivity contribution in [1.29, 1.82) is 0 Å². The molecule has 0 bridgehead atoms. The van der Waals surface area contributed by atoms with Crippen LogP contribution < -0.4 is 5.73 Å². The van der Waals surface area contributed by atoms with E-state index in [2.05, 4.69) is 35.9 Å². The lowest BCUT2D eigenvalue weighted by Crippen LogP contribution is -2.23. The van der Waals surface area contributed by atoms with Gasteiger partial charge in [0.05, 0.1) is 15.9 Å². The first-order valence-corrected chi connectivity index (χ1v) is 8.72. The number of allylic oxidation sites excluding steroid dienone is 6. The van der Waals surface area contributed by atoms with Crippen LogP contribution in [-0.2, 0) is 0 Å². The van der Waals surface area contributed by atoms with E-state index in [1.807, 2.05) is 18.3 Å². The van der Waals surface area contributed by atoms with Gasteiger partial charge < -0.3 is 5.73 Å².